The van der Waals surface area contributed by atoms with E-state index < -0.39 is 5.97 Å². The molecule has 0 aliphatic heterocycles. The van der Waals surface area contributed by atoms with E-state index in [4.69, 9.17) is 5.11 Å². The predicted octanol–water partition coefficient (Wildman–Crippen LogP) is 2.64. The van der Waals surface area contributed by atoms with Gasteiger partial charge in [0.1, 0.15) is 0 Å². The molecule has 4 heteroatoms. The van der Waals surface area contributed by atoms with Gasteiger partial charge in [0.2, 0.25) is 0 Å². The van der Waals surface area contributed by atoms with Crippen molar-refractivity contribution >= 4 is 17.3 Å². The molecule has 0 fully saturated rings. The lowest BCUT2D eigenvalue weighted by atomic mass is 9.89. The van der Waals surface area contributed by atoms with Crippen LogP contribution in [0.4, 0.5) is 0 Å². The van der Waals surface area contributed by atoms with Crippen LogP contribution in [0.1, 0.15) is 31.2 Å². The average molecular weight is 255 g/mol. The first-order chi connectivity index (χ1) is 7.84. The molecule has 0 radical (unpaired) electrons. The average Bonchev–Trinajstić information content (AvgIpc) is 2.64. The van der Waals surface area contributed by atoms with Crippen LogP contribution in [-0.2, 0) is 10.2 Å². The molecule has 0 saturated carbocycles. The molecule has 0 amide bonds. The van der Waals surface area contributed by atoms with Gasteiger partial charge in [-0.15, -0.1) is 11.3 Å². The Bertz CT molecular complexity index is 385. The summed E-state index contributed by atoms with van der Waals surface area (Å²) in [4.78, 5) is 12.1. The Morgan fingerprint density at radius 3 is 2.71 bits per heavy atom. The summed E-state index contributed by atoms with van der Waals surface area (Å²) in [6, 6.07) is 2.13. The molecule has 0 saturated heterocycles. The molecule has 0 aliphatic rings. The highest BCUT2D eigenvalue weighted by molar-refractivity contribution is 7.10. The fraction of sp³-hybridized carbons (Fsp3) is 0.615. The van der Waals surface area contributed by atoms with Crippen molar-refractivity contribution in [3.05, 3.63) is 21.9 Å². The lowest BCUT2D eigenvalue weighted by molar-refractivity contribution is -0.140. The monoisotopic (exact) mass is 255 g/mol. The van der Waals surface area contributed by atoms with E-state index in [-0.39, 0.29) is 11.3 Å². The highest BCUT2D eigenvalue weighted by Gasteiger charge is 2.24. The Labute approximate surface area is 107 Å². The van der Waals surface area contributed by atoms with Crippen molar-refractivity contribution in [1.29, 1.82) is 0 Å². The van der Waals surface area contributed by atoms with E-state index in [2.05, 4.69) is 37.5 Å². The third-order valence-electron chi connectivity index (χ3n) is 2.92. The van der Waals surface area contributed by atoms with Crippen LogP contribution in [0.15, 0.2) is 11.4 Å². The van der Waals surface area contributed by atoms with E-state index in [1.54, 1.807) is 18.3 Å². The van der Waals surface area contributed by atoms with Gasteiger partial charge in [0.15, 0.2) is 0 Å². The lowest BCUT2D eigenvalue weighted by Crippen LogP contribution is -2.36. The number of hydrogen-bond acceptors (Lipinski definition) is 3. The summed E-state index contributed by atoms with van der Waals surface area (Å²) >= 11 is 1.77. The molecule has 2 N–H and O–H groups in total. The minimum atomic E-state index is -0.748. The zero-order valence-corrected chi connectivity index (χ0v) is 11.7. The maximum atomic E-state index is 10.7. The number of carbonyl (C=O) groups is 1. The zero-order chi connectivity index (χ0) is 13.1. The summed E-state index contributed by atoms with van der Waals surface area (Å²) in [5.41, 5.74) is 1.37. The largest absolute Gasteiger partial charge is 0.481 e. The van der Waals surface area contributed by atoms with E-state index in [1.807, 2.05) is 0 Å². The van der Waals surface area contributed by atoms with Crippen molar-refractivity contribution < 1.29 is 9.90 Å². The van der Waals surface area contributed by atoms with Crippen LogP contribution in [0.2, 0.25) is 0 Å². The highest BCUT2D eigenvalue weighted by atomic mass is 32.1. The second-order valence-electron chi connectivity index (χ2n) is 5.19. The molecule has 1 unspecified atom stereocenters. The summed E-state index contributed by atoms with van der Waals surface area (Å²) in [5.74, 6) is -1.09. The standard InChI is InChI=1S/C13H21NO2S/c1-9-5-6-17-11(9)13(3,4)8-14-7-10(2)12(15)16/h5-6,10,14H,7-8H2,1-4H3,(H,15,16). The van der Waals surface area contributed by atoms with Crippen LogP contribution < -0.4 is 5.32 Å². The van der Waals surface area contributed by atoms with Crippen molar-refractivity contribution in [1.82, 2.24) is 5.32 Å². The second kappa shape index (κ2) is 5.65. The highest BCUT2D eigenvalue weighted by Crippen LogP contribution is 2.30. The van der Waals surface area contributed by atoms with E-state index >= 15 is 0 Å². The summed E-state index contributed by atoms with van der Waals surface area (Å²) in [7, 11) is 0. The van der Waals surface area contributed by atoms with Gasteiger partial charge in [0.05, 0.1) is 5.92 Å². The zero-order valence-electron chi connectivity index (χ0n) is 10.9. The Balaban J connectivity index is 2.51. The molecule has 1 heterocycles. The molecular formula is C13H21NO2S. The van der Waals surface area contributed by atoms with Gasteiger partial charge < -0.3 is 10.4 Å². The minimum Gasteiger partial charge on any atom is -0.481 e. The molecule has 0 aliphatic carbocycles. The summed E-state index contributed by atoms with van der Waals surface area (Å²) in [5, 5.41) is 14.2. The molecule has 3 nitrogen and oxygen atoms in total. The number of rotatable bonds is 6. The smallest absolute Gasteiger partial charge is 0.307 e. The van der Waals surface area contributed by atoms with Gasteiger partial charge in [-0.05, 0) is 23.9 Å². The Hall–Kier alpha value is -0.870. The van der Waals surface area contributed by atoms with Gasteiger partial charge in [-0.25, -0.2) is 0 Å². The maximum Gasteiger partial charge on any atom is 0.307 e. The first-order valence-corrected chi connectivity index (χ1v) is 6.70. The molecule has 1 rings (SSSR count). The van der Waals surface area contributed by atoms with E-state index in [0.29, 0.717) is 6.54 Å². The van der Waals surface area contributed by atoms with Crippen LogP contribution in [-0.4, -0.2) is 24.2 Å². The fourth-order valence-electron chi connectivity index (χ4n) is 1.83. The lowest BCUT2D eigenvalue weighted by Gasteiger charge is -2.25. The van der Waals surface area contributed by atoms with Gasteiger partial charge in [-0.3, -0.25) is 4.79 Å². The van der Waals surface area contributed by atoms with Crippen LogP contribution in [0.5, 0.6) is 0 Å². The SMILES string of the molecule is Cc1ccsc1C(C)(C)CNCC(C)C(=O)O. The molecular weight excluding hydrogens is 234 g/mol. The molecule has 17 heavy (non-hydrogen) atoms. The summed E-state index contributed by atoms with van der Waals surface area (Å²) in [6.45, 7) is 9.52. The van der Waals surface area contributed by atoms with E-state index in [9.17, 15) is 4.79 Å². The maximum absolute atomic E-state index is 10.7. The third kappa shape index (κ3) is 3.82. The van der Waals surface area contributed by atoms with Crippen molar-refractivity contribution in [2.24, 2.45) is 5.92 Å². The van der Waals surface area contributed by atoms with Crippen LogP contribution in [0.3, 0.4) is 0 Å². The molecule has 0 bridgehead atoms. The van der Waals surface area contributed by atoms with Crippen molar-refractivity contribution in [2.75, 3.05) is 13.1 Å². The Morgan fingerprint density at radius 1 is 1.59 bits per heavy atom. The number of carboxylic acid groups (broad SMARTS) is 1. The van der Waals surface area contributed by atoms with Crippen molar-refractivity contribution in [3.8, 4) is 0 Å². The number of thiophene rings is 1. The summed E-state index contributed by atoms with van der Waals surface area (Å²) < 4.78 is 0. The number of hydrogen-bond donors (Lipinski definition) is 2. The molecule has 1 atom stereocenters. The van der Waals surface area contributed by atoms with E-state index in [0.717, 1.165) is 6.54 Å². The van der Waals surface area contributed by atoms with Gasteiger partial charge in [-0.1, -0.05) is 20.8 Å². The quantitative estimate of drug-likeness (QED) is 0.821. The van der Waals surface area contributed by atoms with Crippen molar-refractivity contribution in [2.45, 2.75) is 33.1 Å². The van der Waals surface area contributed by atoms with Crippen LogP contribution >= 0.6 is 11.3 Å². The second-order valence-corrected chi connectivity index (χ2v) is 6.10. The minimum absolute atomic E-state index is 0.0521. The van der Waals surface area contributed by atoms with Crippen LogP contribution in [0.25, 0.3) is 0 Å². The number of carboxylic acids is 1. The number of nitrogens with one attached hydrogen (secondary N) is 1. The third-order valence-corrected chi connectivity index (χ3v) is 4.30. The predicted molar refractivity (Wildman–Crippen MR) is 71.8 cm³/mol. The van der Waals surface area contributed by atoms with E-state index in [1.165, 1.54) is 10.4 Å². The molecule has 96 valence electrons. The van der Waals surface area contributed by atoms with Gasteiger partial charge in [0, 0.05) is 23.4 Å². The van der Waals surface area contributed by atoms with Crippen molar-refractivity contribution in [3.63, 3.8) is 0 Å². The Morgan fingerprint density at radius 2 is 2.24 bits per heavy atom. The summed E-state index contributed by atoms with van der Waals surface area (Å²) in [6.07, 6.45) is 0. The fourth-order valence-corrected chi connectivity index (χ4v) is 2.89. The van der Waals surface area contributed by atoms with Gasteiger partial charge >= 0.3 is 5.97 Å². The first-order valence-electron chi connectivity index (χ1n) is 5.82. The molecule has 0 spiro atoms. The normalized spacial score (nSPS) is 13.6. The van der Waals surface area contributed by atoms with Gasteiger partial charge in [0.25, 0.3) is 0 Å². The molecule has 1 aromatic rings. The first kappa shape index (κ1) is 14.2. The number of aryl methyl sites for hydroxylation is 1. The van der Waals surface area contributed by atoms with Gasteiger partial charge in [-0.2, -0.15) is 0 Å². The molecule has 1 aromatic heterocycles. The topological polar surface area (TPSA) is 49.3 Å². The Kier molecular flexibility index (Phi) is 4.71. The van der Waals surface area contributed by atoms with Crippen LogP contribution in [0, 0.1) is 12.8 Å². The number of aliphatic carboxylic acids is 1. The molecule has 0 aromatic carbocycles.